The van der Waals surface area contributed by atoms with Crippen molar-refractivity contribution < 1.29 is 9.47 Å². The molecule has 5 heteroatoms. The van der Waals surface area contributed by atoms with Crippen molar-refractivity contribution in [3.8, 4) is 11.3 Å². The van der Waals surface area contributed by atoms with Gasteiger partial charge < -0.3 is 14.8 Å². The van der Waals surface area contributed by atoms with E-state index in [9.17, 15) is 0 Å². The second-order valence-corrected chi connectivity index (χ2v) is 5.64. The Kier molecular flexibility index (Phi) is 6.32. The summed E-state index contributed by atoms with van der Waals surface area (Å²) in [5, 5.41) is 6.58. The molecule has 1 aromatic carbocycles. The van der Waals surface area contributed by atoms with Gasteiger partial charge in [-0.15, -0.1) is 11.3 Å². The van der Waals surface area contributed by atoms with E-state index in [1.807, 2.05) is 18.2 Å². The number of nitrogens with one attached hydrogen (secondary N) is 1. The topological polar surface area (TPSA) is 43.4 Å². The van der Waals surface area contributed by atoms with Gasteiger partial charge in [0, 0.05) is 31.6 Å². The highest BCUT2D eigenvalue weighted by Crippen LogP contribution is 2.23. The Morgan fingerprint density at radius 2 is 1.90 bits per heavy atom. The van der Waals surface area contributed by atoms with Gasteiger partial charge in [0.15, 0.2) is 6.29 Å². The highest BCUT2D eigenvalue weighted by Gasteiger charge is 2.21. The number of thiazole rings is 1. The maximum atomic E-state index is 5.37. The van der Waals surface area contributed by atoms with Crippen LogP contribution in [-0.2, 0) is 15.9 Å². The Bertz CT molecular complexity index is 526. The number of nitrogens with zero attached hydrogens (tertiary/aromatic N) is 1. The van der Waals surface area contributed by atoms with Gasteiger partial charge in [0.2, 0.25) is 0 Å². The number of benzene rings is 1. The van der Waals surface area contributed by atoms with E-state index in [1.54, 1.807) is 25.6 Å². The smallest absolute Gasteiger partial charge is 0.172 e. The van der Waals surface area contributed by atoms with Crippen molar-refractivity contribution in [1.82, 2.24) is 10.3 Å². The van der Waals surface area contributed by atoms with E-state index < -0.39 is 0 Å². The highest BCUT2D eigenvalue weighted by atomic mass is 32.1. The number of aromatic nitrogens is 1. The fourth-order valence-electron chi connectivity index (χ4n) is 2.29. The third-order valence-electron chi connectivity index (χ3n) is 3.28. The first-order valence-electron chi connectivity index (χ1n) is 7.07. The first-order chi connectivity index (χ1) is 10.3. The van der Waals surface area contributed by atoms with Gasteiger partial charge in [-0.25, -0.2) is 4.98 Å². The molecule has 0 spiro atoms. The molecule has 114 valence electrons. The molecule has 0 aliphatic rings. The van der Waals surface area contributed by atoms with Gasteiger partial charge in [-0.05, 0) is 6.54 Å². The summed E-state index contributed by atoms with van der Waals surface area (Å²) in [6.07, 6.45) is 0.520. The second-order valence-electron chi connectivity index (χ2n) is 4.70. The van der Waals surface area contributed by atoms with Crippen molar-refractivity contribution in [1.29, 1.82) is 0 Å². The average molecular weight is 306 g/mol. The molecule has 1 heterocycles. The Balaban J connectivity index is 2.09. The van der Waals surface area contributed by atoms with Crippen LogP contribution >= 0.6 is 11.3 Å². The van der Waals surface area contributed by atoms with Gasteiger partial charge in [0.1, 0.15) is 0 Å². The fourth-order valence-corrected chi connectivity index (χ4v) is 3.15. The number of ether oxygens (including phenoxy) is 2. The van der Waals surface area contributed by atoms with Crippen LogP contribution in [0.2, 0.25) is 0 Å². The summed E-state index contributed by atoms with van der Waals surface area (Å²) >= 11 is 1.67. The predicted octanol–water partition coefficient (Wildman–Crippen LogP) is 2.95. The number of hydrogen-bond acceptors (Lipinski definition) is 5. The molecule has 0 saturated carbocycles. The van der Waals surface area contributed by atoms with E-state index >= 15 is 0 Å². The zero-order valence-electron chi connectivity index (χ0n) is 12.7. The maximum absolute atomic E-state index is 5.37. The molecule has 1 unspecified atom stereocenters. The summed E-state index contributed by atoms with van der Waals surface area (Å²) in [5.74, 6) is 0. The minimum atomic E-state index is -0.269. The number of likely N-dealkylation sites (N-methyl/N-ethyl adjacent to an activating group) is 1. The maximum Gasteiger partial charge on any atom is 0.172 e. The molecule has 0 bridgehead atoms. The van der Waals surface area contributed by atoms with E-state index in [-0.39, 0.29) is 12.3 Å². The van der Waals surface area contributed by atoms with Crippen molar-refractivity contribution in [2.45, 2.75) is 25.7 Å². The molecule has 0 aliphatic heterocycles. The van der Waals surface area contributed by atoms with Crippen molar-refractivity contribution in [3.05, 3.63) is 40.7 Å². The van der Waals surface area contributed by atoms with E-state index in [0.29, 0.717) is 0 Å². The third-order valence-corrected chi connectivity index (χ3v) is 4.15. The van der Waals surface area contributed by atoms with E-state index in [1.165, 1.54) is 0 Å². The zero-order chi connectivity index (χ0) is 15.1. The molecule has 4 nitrogen and oxygen atoms in total. The van der Waals surface area contributed by atoms with Crippen molar-refractivity contribution in [2.75, 3.05) is 20.8 Å². The number of hydrogen-bond donors (Lipinski definition) is 1. The first kappa shape index (κ1) is 16.1. The molecule has 1 aromatic heterocycles. The van der Waals surface area contributed by atoms with E-state index in [0.717, 1.165) is 29.2 Å². The van der Waals surface area contributed by atoms with Gasteiger partial charge in [-0.2, -0.15) is 0 Å². The van der Waals surface area contributed by atoms with Crippen LogP contribution in [0.3, 0.4) is 0 Å². The summed E-state index contributed by atoms with van der Waals surface area (Å²) in [7, 11) is 3.32. The first-order valence-corrected chi connectivity index (χ1v) is 7.95. The van der Waals surface area contributed by atoms with Crippen LogP contribution < -0.4 is 5.32 Å². The number of rotatable bonds is 8. The van der Waals surface area contributed by atoms with Crippen LogP contribution in [0.1, 0.15) is 11.9 Å². The van der Waals surface area contributed by atoms with Crippen LogP contribution in [-0.4, -0.2) is 38.1 Å². The summed E-state index contributed by atoms with van der Waals surface area (Å²) in [5.41, 5.74) is 2.17. The largest absolute Gasteiger partial charge is 0.354 e. The highest BCUT2D eigenvalue weighted by molar-refractivity contribution is 7.09. The molecule has 0 fully saturated rings. The quantitative estimate of drug-likeness (QED) is 0.762. The Hall–Kier alpha value is -1.27. The molecule has 1 N–H and O–H groups in total. The molecule has 0 aliphatic carbocycles. The van der Waals surface area contributed by atoms with E-state index in [2.05, 4.69) is 29.8 Å². The minimum Gasteiger partial charge on any atom is -0.354 e. The molecule has 0 saturated heterocycles. The van der Waals surface area contributed by atoms with Crippen LogP contribution in [0.15, 0.2) is 35.7 Å². The van der Waals surface area contributed by atoms with Crippen LogP contribution in [0.25, 0.3) is 11.3 Å². The summed E-state index contributed by atoms with van der Waals surface area (Å²) in [6.45, 7) is 2.94. The van der Waals surface area contributed by atoms with Crippen LogP contribution in [0.5, 0.6) is 0 Å². The minimum absolute atomic E-state index is 0.0970. The third kappa shape index (κ3) is 4.35. The van der Waals surface area contributed by atoms with Gasteiger partial charge in [0.25, 0.3) is 0 Å². The average Bonchev–Trinajstić information content (AvgIpc) is 2.98. The van der Waals surface area contributed by atoms with Crippen molar-refractivity contribution >= 4 is 11.3 Å². The summed E-state index contributed by atoms with van der Waals surface area (Å²) in [4.78, 5) is 4.72. The molecular weight excluding hydrogens is 284 g/mol. The molecule has 0 amide bonds. The normalized spacial score (nSPS) is 12.8. The van der Waals surface area contributed by atoms with Crippen LogP contribution in [0, 0.1) is 0 Å². The molecule has 2 aromatic rings. The molecule has 1 atom stereocenters. The lowest BCUT2D eigenvalue weighted by Gasteiger charge is -2.24. The van der Waals surface area contributed by atoms with Crippen molar-refractivity contribution in [2.24, 2.45) is 0 Å². The summed E-state index contributed by atoms with van der Waals surface area (Å²) in [6, 6.07) is 10.3. The standard InChI is InChI=1S/C16H22N2O2S/c1-4-17-13(16(19-2)20-3)10-15-18-14(11-21-15)12-8-6-5-7-9-12/h5-9,11,13,16-17H,4,10H2,1-3H3. The van der Waals surface area contributed by atoms with Gasteiger partial charge in [-0.3, -0.25) is 0 Å². The lowest BCUT2D eigenvalue weighted by atomic mass is 10.2. The van der Waals surface area contributed by atoms with Gasteiger partial charge in [0.05, 0.1) is 16.7 Å². The SMILES string of the molecule is CCNC(Cc1nc(-c2ccccc2)cs1)C(OC)OC. The van der Waals surface area contributed by atoms with Gasteiger partial charge >= 0.3 is 0 Å². The Morgan fingerprint density at radius 1 is 1.19 bits per heavy atom. The van der Waals surface area contributed by atoms with Crippen molar-refractivity contribution in [3.63, 3.8) is 0 Å². The summed E-state index contributed by atoms with van der Waals surface area (Å²) < 4.78 is 10.7. The Morgan fingerprint density at radius 3 is 2.52 bits per heavy atom. The lowest BCUT2D eigenvalue weighted by Crippen LogP contribution is -2.43. The fraction of sp³-hybridized carbons (Fsp3) is 0.438. The zero-order valence-corrected chi connectivity index (χ0v) is 13.5. The second kappa shape index (κ2) is 8.24. The molecule has 0 radical (unpaired) electrons. The molecule has 2 rings (SSSR count). The van der Waals surface area contributed by atoms with Gasteiger partial charge in [-0.1, -0.05) is 37.3 Å². The van der Waals surface area contributed by atoms with Crippen LogP contribution in [0.4, 0.5) is 0 Å². The monoisotopic (exact) mass is 306 g/mol. The molecular formula is C16H22N2O2S. The molecule has 21 heavy (non-hydrogen) atoms. The Labute approximate surface area is 130 Å². The predicted molar refractivity (Wildman–Crippen MR) is 86.5 cm³/mol. The lowest BCUT2D eigenvalue weighted by molar-refractivity contribution is -0.122. The van der Waals surface area contributed by atoms with E-state index in [4.69, 9.17) is 14.5 Å². The number of methoxy groups -OCH3 is 2.